The van der Waals surface area contributed by atoms with Gasteiger partial charge < -0.3 is 9.73 Å². The molecule has 0 unspecified atom stereocenters. The number of carbonyl (C=O) groups excluding carboxylic acids is 1. The summed E-state index contributed by atoms with van der Waals surface area (Å²) in [6.45, 7) is 2.12. The first-order valence-electron chi connectivity index (χ1n) is 7.17. The molecule has 0 spiro atoms. The number of benzene rings is 1. The fourth-order valence-electron chi connectivity index (χ4n) is 2.24. The molecular formula is C18H15FN2O2. The SMILES string of the molecule is Cc1oc(-c2ccc(F)cc2)cc1C(=O)NCc1cccnc1. The van der Waals surface area contributed by atoms with Gasteiger partial charge in [0.25, 0.3) is 5.91 Å². The first-order chi connectivity index (χ1) is 11.1. The molecular weight excluding hydrogens is 295 g/mol. The molecule has 0 aliphatic rings. The largest absolute Gasteiger partial charge is 0.461 e. The second kappa shape index (κ2) is 6.44. The maximum atomic E-state index is 13.0. The molecule has 0 saturated heterocycles. The molecule has 3 aromatic rings. The van der Waals surface area contributed by atoms with Crippen molar-refractivity contribution < 1.29 is 13.6 Å². The van der Waals surface area contributed by atoms with Crippen molar-refractivity contribution in [1.29, 1.82) is 0 Å². The molecule has 0 saturated carbocycles. The Bertz CT molecular complexity index is 811. The van der Waals surface area contributed by atoms with Crippen LogP contribution in [-0.4, -0.2) is 10.9 Å². The minimum Gasteiger partial charge on any atom is -0.461 e. The van der Waals surface area contributed by atoms with Crippen LogP contribution in [0.1, 0.15) is 21.7 Å². The van der Waals surface area contributed by atoms with Gasteiger partial charge in [0.05, 0.1) is 5.56 Å². The van der Waals surface area contributed by atoms with Crippen molar-refractivity contribution in [2.24, 2.45) is 0 Å². The van der Waals surface area contributed by atoms with Gasteiger partial charge in [-0.1, -0.05) is 6.07 Å². The van der Waals surface area contributed by atoms with Crippen molar-refractivity contribution in [1.82, 2.24) is 10.3 Å². The van der Waals surface area contributed by atoms with Crippen LogP contribution in [0.2, 0.25) is 0 Å². The number of aromatic nitrogens is 1. The van der Waals surface area contributed by atoms with E-state index in [1.54, 1.807) is 37.5 Å². The lowest BCUT2D eigenvalue weighted by Crippen LogP contribution is -2.22. The average molecular weight is 310 g/mol. The topological polar surface area (TPSA) is 55.1 Å². The highest BCUT2D eigenvalue weighted by molar-refractivity contribution is 5.96. The maximum absolute atomic E-state index is 13.0. The normalized spacial score (nSPS) is 10.5. The number of rotatable bonds is 4. The Morgan fingerprint density at radius 2 is 2.04 bits per heavy atom. The number of furan rings is 1. The minimum atomic E-state index is -0.313. The van der Waals surface area contributed by atoms with Gasteiger partial charge in [0.2, 0.25) is 0 Å². The van der Waals surface area contributed by atoms with Gasteiger partial charge in [0.15, 0.2) is 0 Å². The summed E-state index contributed by atoms with van der Waals surface area (Å²) in [6.07, 6.45) is 3.38. The Morgan fingerprint density at radius 3 is 2.74 bits per heavy atom. The fourth-order valence-corrected chi connectivity index (χ4v) is 2.24. The van der Waals surface area contributed by atoms with Crippen LogP contribution < -0.4 is 5.32 Å². The summed E-state index contributed by atoms with van der Waals surface area (Å²) in [5, 5.41) is 2.83. The van der Waals surface area contributed by atoms with Crippen LogP contribution in [0.4, 0.5) is 4.39 Å². The molecule has 1 N–H and O–H groups in total. The Labute approximate surface area is 133 Å². The molecule has 1 aromatic carbocycles. The zero-order valence-electron chi connectivity index (χ0n) is 12.5. The van der Waals surface area contributed by atoms with Crippen molar-refractivity contribution in [3.63, 3.8) is 0 Å². The van der Waals surface area contributed by atoms with E-state index in [2.05, 4.69) is 10.3 Å². The minimum absolute atomic E-state index is 0.219. The molecule has 4 nitrogen and oxygen atoms in total. The number of hydrogen-bond acceptors (Lipinski definition) is 3. The van der Waals surface area contributed by atoms with E-state index in [1.165, 1.54) is 12.1 Å². The van der Waals surface area contributed by atoms with Crippen LogP contribution in [-0.2, 0) is 6.54 Å². The molecule has 2 heterocycles. The summed E-state index contributed by atoms with van der Waals surface area (Å²) in [6, 6.07) is 11.3. The van der Waals surface area contributed by atoms with E-state index in [1.807, 2.05) is 12.1 Å². The van der Waals surface area contributed by atoms with Crippen LogP contribution in [0.25, 0.3) is 11.3 Å². The van der Waals surface area contributed by atoms with Crippen molar-refractivity contribution in [3.05, 3.63) is 77.6 Å². The highest BCUT2D eigenvalue weighted by Gasteiger charge is 2.15. The molecule has 0 aliphatic carbocycles. The van der Waals surface area contributed by atoms with Gasteiger partial charge in [-0.25, -0.2) is 4.39 Å². The van der Waals surface area contributed by atoms with E-state index in [4.69, 9.17) is 4.42 Å². The van der Waals surface area contributed by atoms with Gasteiger partial charge in [-0.05, 0) is 48.9 Å². The molecule has 1 amide bonds. The first kappa shape index (κ1) is 15.0. The summed E-state index contributed by atoms with van der Waals surface area (Å²) in [7, 11) is 0. The fraction of sp³-hybridized carbons (Fsp3) is 0.111. The molecule has 0 fully saturated rings. The average Bonchev–Trinajstić information content (AvgIpc) is 2.96. The Kier molecular flexibility index (Phi) is 4.19. The number of halogens is 1. The number of amides is 1. The third-order valence-electron chi connectivity index (χ3n) is 3.47. The van der Waals surface area contributed by atoms with Crippen LogP contribution in [0.15, 0.2) is 59.3 Å². The first-order valence-corrected chi connectivity index (χ1v) is 7.17. The third-order valence-corrected chi connectivity index (χ3v) is 3.47. The van der Waals surface area contributed by atoms with E-state index in [9.17, 15) is 9.18 Å². The molecule has 0 bridgehead atoms. The summed E-state index contributed by atoms with van der Waals surface area (Å²) in [5.41, 5.74) is 2.11. The third kappa shape index (κ3) is 3.45. The van der Waals surface area contributed by atoms with Crippen LogP contribution in [0.3, 0.4) is 0 Å². The molecule has 0 atom stereocenters. The Morgan fingerprint density at radius 1 is 1.26 bits per heavy atom. The van der Waals surface area contributed by atoms with Crippen molar-refractivity contribution in [2.45, 2.75) is 13.5 Å². The number of carbonyl (C=O) groups is 1. The van der Waals surface area contributed by atoms with Gasteiger partial charge in [0, 0.05) is 24.5 Å². The zero-order chi connectivity index (χ0) is 16.2. The highest BCUT2D eigenvalue weighted by atomic mass is 19.1. The van der Waals surface area contributed by atoms with Crippen molar-refractivity contribution >= 4 is 5.91 Å². The number of pyridine rings is 1. The highest BCUT2D eigenvalue weighted by Crippen LogP contribution is 2.25. The molecule has 3 rings (SSSR count). The van der Waals surface area contributed by atoms with E-state index in [0.717, 1.165) is 11.1 Å². The van der Waals surface area contributed by atoms with E-state index >= 15 is 0 Å². The zero-order valence-corrected chi connectivity index (χ0v) is 12.5. The van der Waals surface area contributed by atoms with Crippen LogP contribution in [0, 0.1) is 12.7 Å². The smallest absolute Gasteiger partial charge is 0.255 e. The lowest BCUT2D eigenvalue weighted by Gasteiger charge is -2.03. The monoisotopic (exact) mass is 310 g/mol. The summed E-state index contributed by atoms with van der Waals surface area (Å²) < 4.78 is 18.6. The summed E-state index contributed by atoms with van der Waals surface area (Å²) >= 11 is 0. The van der Waals surface area contributed by atoms with Gasteiger partial charge in [-0.2, -0.15) is 0 Å². The van der Waals surface area contributed by atoms with E-state index < -0.39 is 0 Å². The lowest BCUT2D eigenvalue weighted by atomic mass is 10.1. The Balaban J connectivity index is 1.75. The predicted molar refractivity (Wildman–Crippen MR) is 84.2 cm³/mol. The van der Waals surface area contributed by atoms with Gasteiger partial charge in [-0.15, -0.1) is 0 Å². The quantitative estimate of drug-likeness (QED) is 0.799. The molecule has 0 radical (unpaired) electrons. The Hall–Kier alpha value is -2.95. The predicted octanol–water partition coefficient (Wildman–Crippen LogP) is 3.72. The summed E-state index contributed by atoms with van der Waals surface area (Å²) in [5.74, 6) is 0.525. The van der Waals surface area contributed by atoms with E-state index in [0.29, 0.717) is 23.6 Å². The second-order valence-electron chi connectivity index (χ2n) is 5.13. The van der Waals surface area contributed by atoms with Crippen LogP contribution in [0.5, 0.6) is 0 Å². The van der Waals surface area contributed by atoms with Gasteiger partial charge in [-0.3, -0.25) is 9.78 Å². The number of hydrogen-bond donors (Lipinski definition) is 1. The van der Waals surface area contributed by atoms with E-state index in [-0.39, 0.29) is 11.7 Å². The molecule has 5 heteroatoms. The summed E-state index contributed by atoms with van der Waals surface area (Å²) in [4.78, 5) is 16.3. The number of nitrogens with zero attached hydrogens (tertiary/aromatic N) is 1. The lowest BCUT2D eigenvalue weighted by molar-refractivity contribution is 0.0949. The van der Waals surface area contributed by atoms with Crippen molar-refractivity contribution in [2.75, 3.05) is 0 Å². The van der Waals surface area contributed by atoms with Crippen LogP contribution >= 0.6 is 0 Å². The van der Waals surface area contributed by atoms with Crippen molar-refractivity contribution in [3.8, 4) is 11.3 Å². The van der Waals surface area contributed by atoms with Gasteiger partial charge >= 0.3 is 0 Å². The second-order valence-corrected chi connectivity index (χ2v) is 5.13. The molecule has 116 valence electrons. The number of aryl methyl sites for hydroxylation is 1. The molecule has 2 aromatic heterocycles. The standard InChI is InChI=1S/C18H15FN2O2/c1-12-16(18(22)21-11-13-3-2-8-20-10-13)9-17(23-12)14-4-6-15(19)7-5-14/h2-10H,11H2,1H3,(H,21,22). The van der Waals surface area contributed by atoms with Gasteiger partial charge in [0.1, 0.15) is 17.3 Å². The maximum Gasteiger partial charge on any atom is 0.255 e. The number of nitrogens with one attached hydrogen (secondary N) is 1. The molecule has 23 heavy (non-hydrogen) atoms. The molecule has 0 aliphatic heterocycles.